The molecule has 0 radical (unpaired) electrons. The van der Waals surface area contributed by atoms with Crippen LogP contribution in [0.4, 0.5) is 5.69 Å². The number of anilines is 1. The number of thiophene rings is 1. The zero-order valence-corrected chi connectivity index (χ0v) is 15.9. The Morgan fingerprint density at radius 2 is 2.04 bits per heavy atom. The van der Waals surface area contributed by atoms with Crippen molar-refractivity contribution in [1.29, 1.82) is 0 Å². The number of nitrogens with zero attached hydrogens (tertiary/aromatic N) is 1. The van der Waals surface area contributed by atoms with E-state index in [0.717, 1.165) is 28.8 Å². The molecule has 1 amide bonds. The van der Waals surface area contributed by atoms with E-state index in [2.05, 4.69) is 10.3 Å². The molecule has 136 valence electrons. The molecule has 0 spiro atoms. The predicted molar refractivity (Wildman–Crippen MR) is 108 cm³/mol. The number of carbonyl (C=O) groups is 2. The molecular formula is C22H20N2O2S. The van der Waals surface area contributed by atoms with Crippen molar-refractivity contribution in [3.63, 3.8) is 0 Å². The molecule has 2 aromatic heterocycles. The van der Waals surface area contributed by atoms with Crippen LogP contribution in [0, 0.1) is 12.8 Å². The van der Waals surface area contributed by atoms with Crippen molar-refractivity contribution in [1.82, 2.24) is 4.98 Å². The van der Waals surface area contributed by atoms with E-state index in [1.165, 1.54) is 11.3 Å². The summed E-state index contributed by atoms with van der Waals surface area (Å²) in [6.45, 7) is 1.93. The summed E-state index contributed by atoms with van der Waals surface area (Å²) in [6, 6.07) is 13.1. The van der Waals surface area contributed by atoms with Gasteiger partial charge >= 0.3 is 0 Å². The van der Waals surface area contributed by atoms with Crippen LogP contribution >= 0.6 is 11.3 Å². The number of hydrogen-bond donors (Lipinski definition) is 1. The maximum Gasteiger partial charge on any atom is 0.265 e. The predicted octanol–water partition coefficient (Wildman–Crippen LogP) is 5.35. The van der Waals surface area contributed by atoms with Gasteiger partial charge in [-0.1, -0.05) is 18.2 Å². The van der Waals surface area contributed by atoms with Gasteiger partial charge in [-0.25, -0.2) is 0 Å². The van der Waals surface area contributed by atoms with Gasteiger partial charge in [0.1, 0.15) is 0 Å². The lowest BCUT2D eigenvalue weighted by atomic mass is 10.0. The molecule has 27 heavy (non-hydrogen) atoms. The van der Waals surface area contributed by atoms with Crippen LogP contribution in [0.5, 0.6) is 0 Å². The zero-order chi connectivity index (χ0) is 18.8. The van der Waals surface area contributed by atoms with Crippen LogP contribution in [0.3, 0.4) is 0 Å². The van der Waals surface area contributed by atoms with E-state index in [-0.39, 0.29) is 11.7 Å². The van der Waals surface area contributed by atoms with Crippen LogP contribution in [0.1, 0.15) is 44.9 Å². The number of aryl methyl sites for hydroxylation is 1. The van der Waals surface area contributed by atoms with Crippen LogP contribution in [-0.4, -0.2) is 16.7 Å². The highest BCUT2D eigenvalue weighted by Crippen LogP contribution is 2.34. The fourth-order valence-corrected chi connectivity index (χ4v) is 3.83. The normalized spacial score (nSPS) is 13.4. The maximum atomic E-state index is 12.7. The number of nitrogens with one attached hydrogen (secondary N) is 1. The van der Waals surface area contributed by atoms with Crippen molar-refractivity contribution in [2.24, 2.45) is 5.92 Å². The van der Waals surface area contributed by atoms with Crippen molar-refractivity contribution in [3.8, 4) is 10.4 Å². The van der Waals surface area contributed by atoms with Gasteiger partial charge in [0.15, 0.2) is 5.78 Å². The summed E-state index contributed by atoms with van der Waals surface area (Å²) in [4.78, 5) is 30.8. The molecule has 0 bridgehead atoms. The van der Waals surface area contributed by atoms with Gasteiger partial charge in [-0.15, -0.1) is 11.3 Å². The van der Waals surface area contributed by atoms with E-state index in [4.69, 9.17) is 0 Å². The Bertz CT molecular complexity index is 991. The molecule has 0 aliphatic heterocycles. The third-order valence-corrected chi connectivity index (χ3v) is 5.89. The molecular weight excluding hydrogens is 356 g/mol. The van der Waals surface area contributed by atoms with Crippen molar-refractivity contribution in [2.75, 3.05) is 5.32 Å². The van der Waals surface area contributed by atoms with Crippen molar-refractivity contribution in [3.05, 3.63) is 70.9 Å². The number of amides is 1. The SMILES string of the molecule is Cc1ccc(C(=O)CC2CC2)cc1NC(=O)c1ccc(-c2cccnc2)s1. The number of rotatable bonds is 6. The Balaban J connectivity index is 1.51. The van der Waals surface area contributed by atoms with Gasteiger partial charge < -0.3 is 5.32 Å². The molecule has 0 unspecified atom stereocenters. The van der Waals surface area contributed by atoms with E-state index in [9.17, 15) is 9.59 Å². The van der Waals surface area contributed by atoms with Crippen molar-refractivity contribution in [2.45, 2.75) is 26.2 Å². The highest BCUT2D eigenvalue weighted by molar-refractivity contribution is 7.17. The first-order valence-corrected chi connectivity index (χ1v) is 9.87. The molecule has 1 aromatic carbocycles. The Labute approximate surface area is 162 Å². The number of ketones is 1. The first-order chi connectivity index (χ1) is 13.1. The highest BCUT2D eigenvalue weighted by atomic mass is 32.1. The Morgan fingerprint density at radius 1 is 1.19 bits per heavy atom. The minimum absolute atomic E-state index is 0.156. The van der Waals surface area contributed by atoms with E-state index < -0.39 is 0 Å². The molecule has 4 nitrogen and oxygen atoms in total. The van der Waals surface area contributed by atoms with E-state index in [0.29, 0.717) is 28.5 Å². The molecule has 2 heterocycles. The fourth-order valence-electron chi connectivity index (χ4n) is 2.94. The number of aromatic nitrogens is 1. The quantitative estimate of drug-likeness (QED) is 0.590. The lowest BCUT2D eigenvalue weighted by Crippen LogP contribution is -2.12. The molecule has 1 N–H and O–H groups in total. The van der Waals surface area contributed by atoms with Crippen LogP contribution in [0.25, 0.3) is 10.4 Å². The fraction of sp³-hybridized carbons (Fsp3) is 0.227. The topological polar surface area (TPSA) is 59.1 Å². The van der Waals surface area contributed by atoms with Crippen molar-refractivity contribution < 1.29 is 9.59 Å². The minimum Gasteiger partial charge on any atom is -0.321 e. The molecule has 1 fully saturated rings. The monoisotopic (exact) mass is 376 g/mol. The summed E-state index contributed by atoms with van der Waals surface area (Å²) in [7, 11) is 0. The number of carbonyl (C=O) groups excluding carboxylic acids is 2. The van der Waals surface area contributed by atoms with Crippen LogP contribution in [0.2, 0.25) is 0 Å². The van der Waals surface area contributed by atoms with Gasteiger partial charge in [0, 0.05) is 40.5 Å². The number of pyridine rings is 1. The van der Waals surface area contributed by atoms with E-state index in [1.807, 2.05) is 43.3 Å². The zero-order valence-electron chi connectivity index (χ0n) is 15.1. The van der Waals surface area contributed by atoms with Crippen LogP contribution in [-0.2, 0) is 0 Å². The molecule has 0 atom stereocenters. The van der Waals surface area contributed by atoms with Gasteiger partial charge in [0.05, 0.1) is 4.88 Å². The molecule has 4 rings (SSSR count). The largest absolute Gasteiger partial charge is 0.321 e. The molecule has 0 saturated heterocycles. The summed E-state index contributed by atoms with van der Waals surface area (Å²) in [6.07, 6.45) is 6.42. The average Bonchev–Trinajstić information content (AvgIpc) is 3.35. The number of benzene rings is 1. The summed E-state index contributed by atoms with van der Waals surface area (Å²) < 4.78 is 0. The Morgan fingerprint density at radius 3 is 2.78 bits per heavy atom. The summed E-state index contributed by atoms with van der Waals surface area (Å²) in [5, 5.41) is 2.96. The van der Waals surface area contributed by atoms with Crippen LogP contribution < -0.4 is 5.32 Å². The lowest BCUT2D eigenvalue weighted by molar-refractivity contribution is 0.0974. The van der Waals surface area contributed by atoms with Gasteiger partial charge in [0.2, 0.25) is 0 Å². The molecule has 1 aliphatic carbocycles. The van der Waals surface area contributed by atoms with Gasteiger partial charge in [-0.3, -0.25) is 14.6 Å². The molecule has 5 heteroatoms. The van der Waals surface area contributed by atoms with E-state index >= 15 is 0 Å². The number of Topliss-reactive ketones (excluding diaryl/α,β-unsaturated/α-hetero) is 1. The minimum atomic E-state index is -0.162. The second kappa shape index (κ2) is 7.45. The van der Waals surface area contributed by atoms with Gasteiger partial charge in [0.25, 0.3) is 5.91 Å². The molecule has 3 aromatic rings. The summed E-state index contributed by atoms with van der Waals surface area (Å²) in [5.41, 5.74) is 3.30. The van der Waals surface area contributed by atoms with Crippen molar-refractivity contribution >= 4 is 28.7 Å². The average molecular weight is 376 g/mol. The van der Waals surface area contributed by atoms with Gasteiger partial charge in [-0.2, -0.15) is 0 Å². The summed E-state index contributed by atoms with van der Waals surface area (Å²) >= 11 is 1.43. The summed E-state index contributed by atoms with van der Waals surface area (Å²) in [5.74, 6) is 0.543. The molecule has 1 aliphatic rings. The third-order valence-electron chi connectivity index (χ3n) is 4.75. The van der Waals surface area contributed by atoms with Crippen LogP contribution in [0.15, 0.2) is 54.9 Å². The first kappa shape index (κ1) is 17.6. The second-order valence-corrected chi connectivity index (χ2v) is 8.04. The number of hydrogen-bond acceptors (Lipinski definition) is 4. The Kier molecular flexibility index (Phi) is 4.86. The first-order valence-electron chi connectivity index (χ1n) is 9.05. The van der Waals surface area contributed by atoms with E-state index in [1.54, 1.807) is 18.5 Å². The Hall–Kier alpha value is -2.79. The maximum absolute atomic E-state index is 12.7. The lowest BCUT2D eigenvalue weighted by Gasteiger charge is -2.09. The second-order valence-electron chi connectivity index (χ2n) is 6.96. The molecule has 1 saturated carbocycles. The van der Waals surface area contributed by atoms with Gasteiger partial charge in [-0.05, 0) is 55.5 Å². The third kappa shape index (κ3) is 4.14. The highest BCUT2D eigenvalue weighted by Gasteiger charge is 2.25. The standard InChI is InChI=1S/C22H20N2O2S/c1-14-4-7-16(19(25)11-15-5-6-15)12-18(14)24-22(26)21-9-8-20(27-21)17-3-2-10-23-13-17/h2-4,7-10,12-13,15H,5-6,11H2,1H3,(H,24,26). The smallest absolute Gasteiger partial charge is 0.265 e.